The Morgan fingerprint density at radius 3 is 1.88 bits per heavy atom. The third-order valence-corrected chi connectivity index (χ3v) is 4.30. The molecule has 1 heteroatoms. The van der Waals surface area contributed by atoms with E-state index in [1.807, 2.05) is 6.07 Å². The van der Waals surface area contributed by atoms with Gasteiger partial charge < -0.3 is 4.74 Å². The van der Waals surface area contributed by atoms with E-state index in [0.29, 0.717) is 6.61 Å². The van der Waals surface area contributed by atoms with Crippen LogP contribution in [0.1, 0.15) is 64.7 Å². The zero-order valence-corrected chi connectivity index (χ0v) is 16.6. The van der Waals surface area contributed by atoms with Gasteiger partial charge in [-0.25, -0.2) is 0 Å². The number of rotatable bonds is 5. The van der Waals surface area contributed by atoms with Crippen molar-refractivity contribution >= 4 is 6.08 Å². The van der Waals surface area contributed by atoms with Crippen molar-refractivity contribution in [3.8, 4) is 5.75 Å². The Morgan fingerprint density at radius 2 is 1.36 bits per heavy atom. The maximum atomic E-state index is 6.06. The summed E-state index contributed by atoms with van der Waals surface area (Å²) in [6.07, 6.45) is 5.22. The van der Waals surface area contributed by atoms with Gasteiger partial charge in [0.1, 0.15) is 5.75 Å². The van der Waals surface area contributed by atoms with Crippen LogP contribution < -0.4 is 4.74 Å². The highest BCUT2D eigenvalue weighted by Crippen LogP contribution is 2.32. The fraction of sp³-hybridized carbons (Fsp3) is 0.417. The van der Waals surface area contributed by atoms with Crippen molar-refractivity contribution in [3.63, 3.8) is 0 Å². The number of hydrogen-bond acceptors (Lipinski definition) is 1. The Hall–Kier alpha value is -2.02. The largest absolute Gasteiger partial charge is 0.493 e. The van der Waals surface area contributed by atoms with Gasteiger partial charge in [0.25, 0.3) is 0 Å². The van der Waals surface area contributed by atoms with Crippen LogP contribution in [0.3, 0.4) is 0 Å². The lowest BCUT2D eigenvalue weighted by Gasteiger charge is -2.26. The van der Waals surface area contributed by atoms with Crippen LogP contribution in [0.2, 0.25) is 0 Å². The van der Waals surface area contributed by atoms with Crippen molar-refractivity contribution in [1.82, 2.24) is 0 Å². The summed E-state index contributed by atoms with van der Waals surface area (Å²) < 4.78 is 6.06. The van der Waals surface area contributed by atoms with Gasteiger partial charge in [0, 0.05) is 0 Å². The normalized spacial score (nSPS) is 12.6. The zero-order valence-electron chi connectivity index (χ0n) is 16.6. The maximum Gasteiger partial charge on any atom is 0.119 e. The minimum atomic E-state index is 0.118. The van der Waals surface area contributed by atoms with Crippen molar-refractivity contribution < 1.29 is 4.74 Å². The number of benzene rings is 2. The van der Waals surface area contributed by atoms with Crippen LogP contribution >= 0.6 is 0 Å². The predicted octanol–water partition coefficient (Wildman–Crippen LogP) is 6.76. The molecule has 25 heavy (non-hydrogen) atoms. The highest BCUT2D eigenvalue weighted by Gasteiger charge is 2.20. The molecule has 0 saturated heterocycles. The average molecular weight is 337 g/mol. The van der Waals surface area contributed by atoms with Gasteiger partial charge in [-0.3, -0.25) is 0 Å². The summed E-state index contributed by atoms with van der Waals surface area (Å²) in [6.45, 7) is 14.2. The van der Waals surface area contributed by atoms with Gasteiger partial charge >= 0.3 is 0 Å². The Balaban J connectivity index is 2.04. The van der Waals surface area contributed by atoms with Crippen molar-refractivity contribution in [2.75, 3.05) is 6.61 Å². The molecule has 134 valence electrons. The summed E-state index contributed by atoms with van der Waals surface area (Å²) in [7, 11) is 0. The molecule has 2 rings (SSSR count). The second-order valence-electron chi connectivity index (χ2n) is 8.70. The molecular formula is C24H32O. The molecule has 0 bridgehead atoms. The summed E-state index contributed by atoms with van der Waals surface area (Å²) in [4.78, 5) is 0. The minimum absolute atomic E-state index is 0.118. The standard InChI is InChI=1S/C24H32O/c1-23(2,3)20-16-21(24(4,5)6)18-22(17-20)25-15-11-10-14-19-12-8-7-9-13-19/h7-10,12-14,16-18H,11,15H2,1-6H3/b14-10+. The Morgan fingerprint density at radius 1 is 0.800 bits per heavy atom. The van der Waals surface area contributed by atoms with E-state index >= 15 is 0 Å². The topological polar surface area (TPSA) is 9.23 Å². The van der Waals surface area contributed by atoms with E-state index in [0.717, 1.165) is 12.2 Å². The van der Waals surface area contributed by atoms with Gasteiger partial charge in [-0.15, -0.1) is 0 Å². The molecule has 0 aromatic heterocycles. The van der Waals surface area contributed by atoms with Gasteiger partial charge in [-0.2, -0.15) is 0 Å². The van der Waals surface area contributed by atoms with Crippen molar-refractivity contribution in [1.29, 1.82) is 0 Å². The molecule has 0 aliphatic carbocycles. The van der Waals surface area contributed by atoms with Crippen LogP contribution in [-0.2, 0) is 10.8 Å². The summed E-state index contributed by atoms with van der Waals surface area (Å²) in [5, 5.41) is 0. The molecule has 0 N–H and O–H groups in total. The van der Waals surface area contributed by atoms with Crippen LogP contribution in [0.15, 0.2) is 54.6 Å². The first-order valence-corrected chi connectivity index (χ1v) is 9.17. The third kappa shape index (κ3) is 6.08. The van der Waals surface area contributed by atoms with E-state index in [1.165, 1.54) is 16.7 Å². The fourth-order valence-electron chi connectivity index (χ4n) is 2.58. The zero-order chi connectivity index (χ0) is 18.5. The van der Waals surface area contributed by atoms with Gasteiger partial charge in [-0.1, -0.05) is 90.1 Å². The number of ether oxygens (including phenoxy) is 1. The second-order valence-corrected chi connectivity index (χ2v) is 8.70. The molecule has 0 aliphatic heterocycles. The summed E-state index contributed by atoms with van der Waals surface area (Å²) in [5.74, 6) is 0.977. The average Bonchev–Trinajstić information content (AvgIpc) is 2.53. The molecule has 2 aromatic carbocycles. The first kappa shape index (κ1) is 19.3. The highest BCUT2D eigenvalue weighted by atomic mass is 16.5. The minimum Gasteiger partial charge on any atom is -0.493 e. The summed E-state index contributed by atoms with van der Waals surface area (Å²) in [6, 6.07) is 17.1. The lowest BCUT2D eigenvalue weighted by atomic mass is 9.80. The van der Waals surface area contributed by atoms with Crippen LogP contribution in [0.5, 0.6) is 5.75 Å². The van der Waals surface area contributed by atoms with Crippen LogP contribution in [0.4, 0.5) is 0 Å². The molecule has 0 saturated carbocycles. The quantitative estimate of drug-likeness (QED) is 0.548. The molecule has 0 amide bonds. The Kier molecular flexibility index (Phi) is 6.11. The first-order valence-electron chi connectivity index (χ1n) is 9.17. The lowest BCUT2D eigenvalue weighted by Crippen LogP contribution is -2.16. The highest BCUT2D eigenvalue weighted by molar-refractivity contribution is 5.48. The molecule has 0 atom stereocenters. The van der Waals surface area contributed by atoms with Crippen LogP contribution in [0, 0.1) is 0 Å². The maximum absolute atomic E-state index is 6.06. The van der Waals surface area contributed by atoms with E-state index in [4.69, 9.17) is 4.74 Å². The summed E-state index contributed by atoms with van der Waals surface area (Å²) >= 11 is 0. The third-order valence-electron chi connectivity index (χ3n) is 4.30. The van der Waals surface area contributed by atoms with E-state index in [-0.39, 0.29) is 10.8 Å². The van der Waals surface area contributed by atoms with Crippen molar-refractivity contribution in [2.45, 2.75) is 58.8 Å². The van der Waals surface area contributed by atoms with Crippen molar-refractivity contribution in [2.24, 2.45) is 0 Å². The molecule has 2 aromatic rings. The van der Waals surface area contributed by atoms with Crippen LogP contribution in [0.25, 0.3) is 6.08 Å². The lowest BCUT2D eigenvalue weighted by molar-refractivity contribution is 0.323. The van der Waals surface area contributed by atoms with E-state index in [2.05, 4.69) is 96.2 Å². The van der Waals surface area contributed by atoms with Gasteiger partial charge in [0.05, 0.1) is 6.61 Å². The molecule has 1 nitrogen and oxygen atoms in total. The molecule has 0 spiro atoms. The molecular weight excluding hydrogens is 304 g/mol. The first-order chi connectivity index (χ1) is 11.7. The fourth-order valence-corrected chi connectivity index (χ4v) is 2.58. The predicted molar refractivity (Wildman–Crippen MR) is 109 cm³/mol. The van der Waals surface area contributed by atoms with E-state index in [9.17, 15) is 0 Å². The van der Waals surface area contributed by atoms with Gasteiger partial charge in [0.2, 0.25) is 0 Å². The molecule has 0 aliphatic rings. The smallest absolute Gasteiger partial charge is 0.119 e. The number of hydrogen-bond donors (Lipinski definition) is 0. The van der Waals surface area contributed by atoms with Crippen molar-refractivity contribution in [3.05, 3.63) is 71.3 Å². The Bertz CT molecular complexity index is 665. The van der Waals surface area contributed by atoms with E-state index in [1.54, 1.807) is 0 Å². The van der Waals surface area contributed by atoms with Gasteiger partial charge in [-0.05, 0) is 46.1 Å². The molecule has 0 radical (unpaired) electrons. The van der Waals surface area contributed by atoms with Crippen LogP contribution in [-0.4, -0.2) is 6.61 Å². The monoisotopic (exact) mass is 336 g/mol. The van der Waals surface area contributed by atoms with Gasteiger partial charge in [0.15, 0.2) is 0 Å². The Labute approximate surface area is 153 Å². The molecule has 0 unspecified atom stereocenters. The molecule has 0 heterocycles. The second kappa shape index (κ2) is 7.91. The summed E-state index contributed by atoms with van der Waals surface area (Å²) in [5.41, 5.74) is 4.12. The molecule has 0 fully saturated rings. The van der Waals surface area contributed by atoms with E-state index < -0.39 is 0 Å². The SMILES string of the molecule is CC(C)(C)c1cc(OCC/C=C/c2ccccc2)cc(C(C)(C)C)c1.